The van der Waals surface area contributed by atoms with Gasteiger partial charge in [0, 0.05) is 51.4 Å². The Labute approximate surface area is 220 Å². The van der Waals surface area contributed by atoms with E-state index >= 15 is 0 Å². The number of ether oxygens (including phenoxy) is 1. The molecule has 0 unspecified atom stereocenters. The van der Waals surface area contributed by atoms with Crippen LogP contribution >= 0.6 is 0 Å². The number of aromatic nitrogens is 6. The molecule has 1 fully saturated rings. The van der Waals surface area contributed by atoms with Crippen LogP contribution < -0.4 is 26.4 Å². The first-order chi connectivity index (χ1) is 19.0. The van der Waals surface area contributed by atoms with Gasteiger partial charge in [0.15, 0.2) is 18.0 Å². The van der Waals surface area contributed by atoms with Crippen molar-refractivity contribution in [3.63, 3.8) is 0 Å². The van der Waals surface area contributed by atoms with E-state index in [9.17, 15) is 9.18 Å². The standard InChI is InChI=1S/C24H25FN10O4/c25-16-12-15(38-14-21-30-31-24(36)39-21)3-4-18(16)34-9-7-33(8-10-34)6-5-27-23-28-20-13-17(19-2-1-11-37-19)32-35(20)22(26)29-23/h1-4,11-13H,5-10,14H2,(H,31,36)(H3,26,27,28,29). The summed E-state index contributed by atoms with van der Waals surface area (Å²) in [6.07, 6.45) is 1.58. The maximum atomic E-state index is 14.8. The molecular weight excluding hydrogens is 511 g/mol. The van der Waals surface area contributed by atoms with Gasteiger partial charge in [-0.2, -0.15) is 19.6 Å². The van der Waals surface area contributed by atoms with Crippen LogP contribution in [0.4, 0.5) is 22.0 Å². The number of nitrogens with one attached hydrogen (secondary N) is 2. The largest absolute Gasteiger partial charge is 0.484 e. The predicted molar refractivity (Wildman–Crippen MR) is 138 cm³/mol. The maximum absolute atomic E-state index is 14.8. The average molecular weight is 537 g/mol. The first-order valence-electron chi connectivity index (χ1n) is 12.3. The van der Waals surface area contributed by atoms with Crippen LogP contribution in [-0.2, 0) is 6.61 Å². The van der Waals surface area contributed by atoms with Gasteiger partial charge < -0.3 is 29.5 Å². The first-order valence-corrected chi connectivity index (χ1v) is 12.3. The molecule has 0 atom stereocenters. The van der Waals surface area contributed by atoms with Gasteiger partial charge in [0.25, 0.3) is 5.89 Å². The van der Waals surface area contributed by atoms with Gasteiger partial charge in [-0.1, -0.05) is 0 Å². The monoisotopic (exact) mass is 536 g/mol. The summed E-state index contributed by atoms with van der Waals surface area (Å²) in [5.41, 5.74) is 7.78. The molecule has 1 aliphatic rings. The lowest BCUT2D eigenvalue weighted by Crippen LogP contribution is -2.48. The molecule has 0 amide bonds. The number of hydrogen-bond donors (Lipinski definition) is 3. The number of nitrogens with two attached hydrogens (primary N) is 1. The number of hydrogen-bond acceptors (Lipinski definition) is 12. The first kappa shape index (κ1) is 24.4. The number of piperazine rings is 1. The van der Waals surface area contributed by atoms with Gasteiger partial charge >= 0.3 is 5.76 Å². The number of aromatic amines is 1. The van der Waals surface area contributed by atoms with Crippen molar-refractivity contribution in [2.75, 3.05) is 55.2 Å². The quantitative estimate of drug-likeness (QED) is 0.249. The third kappa shape index (κ3) is 5.38. The minimum atomic E-state index is -0.667. The molecule has 0 spiro atoms. The number of furan rings is 1. The van der Waals surface area contributed by atoms with E-state index in [0.29, 0.717) is 54.1 Å². The molecule has 15 heteroatoms. The van der Waals surface area contributed by atoms with Crippen molar-refractivity contribution in [1.29, 1.82) is 0 Å². The van der Waals surface area contributed by atoms with E-state index in [4.69, 9.17) is 19.3 Å². The molecule has 1 aliphatic heterocycles. The van der Waals surface area contributed by atoms with Gasteiger partial charge in [-0.05, 0) is 24.3 Å². The fourth-order valence-corrected chi connectivity index (χ4v) is 4.37. The Morgan fingerprint density at radius 1 is 1.15 bits per heavy atom. The lowest BCUT2D eigenvalue weighted by Gasteiger charge is -2.36. The van der Waals surface area contributed by atoms with Crippen LogP contribution in [0.3, 0.4) is 0 Å². The van der Waals surface area contributed by atoms with Gasteiger partial charge in [0.1, 0.15) is 17.3 Å². The molecule has 0 saturated carbocycles. The summed E-state index contributed by atoms with van der Waals surface area (Å²) >= 11 is 0. The molecule has 39 heavy (non-hydrogen) atoms. The van der Waals surface area contributed by atoms with Crippen molar-refractivity contribution >= 4 is 23.2 Å². The summed E-state index contributed by atoms with van der Waals surface area (Å²) in [6.45, 7) is 4.20. The van der Waals surface area contributed by atoms with Crippen LogP contribution in [-0.4, -0.2) is 73.9 Å². The number of halogens is 1. The van der Waals surface area contributed by atoms with Crippen LogP contribution in [0.5, 0.6) is 5.75 Å². The van der Waals surface area contributed by atoms with Crippen molar-refractivity contribution in [2.45, 2.75) is 6.61 Å². The Bertz CT molecular complexity index is 1620. The molecular formula is C24H25FN10O4. The van der Waals surface area contributed by atoms with E-state index in [0.717, 1.165) is 19.6 Å². The van der Waals surface area contributed by atoms with E-state index in [1.165, 1.54) is 10.6 Å². The topological polar surface area (TPSA) is 169 Å². The lowest BCUT2D eigenvalue weighted by molar-refractivity contribution is 0.257. The molecule has 6 rings (SSSR count). The lowest BCUT2D eigenvalue weighted by atomic mass is 10.2. The molecule has 0 bridgehead atoms. The molecule has 0 radical (unpaired) electrons. The summed E-state index contributed by atoms with van der Waals surface area (Å²) < 4.78 is 31.9. The molecule has 0 aliphatic carbocycles. The number of nitrogen functional groups attached to an aromatic ring is 1. The highest BCUT2D eigenvalue weighted by Crippen LogP contribution is 2.26. The van der Waals surface area contributed by atoms with Gasteiger partial charge in [0.2, 0.25) is 11.9 Å². The number of H-pyrrole nitrogens is 1. The zero-order valence-corrected chi connectivity index (χ0v) is 20.7. The number of anilines is 3. The van der Waals surface area contributed by atoms with Crippen LogP contribution in [0, 0.1) is 5.82 Å². The Kier molecular flexibility index (Phi) is 6.54. The Morgan fingerprint density at radius 2 is 2.03 bits per heavy atom. The summed E-state index contributed by atoms with van der Waals surface area (Å²) in [5, 5.41) is 13.4. The molecule has 5 aromatic rings. The van der Waals surface area contributed by atoms with E-state index in [2.05, 4.69) is 35.5 Å². The molecule has 1 saturated heterocycles. The van der Waals surface area contributed by atoms with Crippen LogP contribution in [0.2, 0.25) is 0 Å². The van der Waals surface area contributed by atoms with Crippen molar-refractivity contribution in [3.8, 4) is 17.2 Å². The molecule has 5 heterocycles. The Balaban J connectivity index is 0.990. The highest BCUT2D eigenvalue weighted by atomic mass is 19.1. The fourth-order valence-electron chi connectivity index (χ4n) is 4.37. The smallest absolute Gasteiger partial charge is 0.434 e. The highest BCUT2D eigenvalue weighted by Gasteiger charge is 2.20. The third-order valence-electron chi connectivity index (χ3n) is 6.31. The Morgan fingerprint density at radius 3 is 2.77 bits per heavy atom. The number of benzene rings is 1. The SMILES string of the molecule is Nc1nc(NCCN2CCN(c3ccc(OCc4n[nH]c(=O)o4)cc3F)CC2)nc2cc(-c3ccco3)nn12. The van der Waals surface area contributed by atoms with Crippen molar-refractivity contribution in [3.05, 3.63) is 64.9 Å². The minimum Gasteiger partial charge on any atom is -0.484 e. The average Bonchev–Trinajstić information content (AvgIpc) is 3.69. The number of fused-ring (bicyclic) bond motifs is 1. The summed E-state index contributed by atoms with van der Waals surface area (Å²) in [7, 11) is 0. The summed E-state index contributed by atoms with van der Waals surface area (Å²) in [6, 6.07) is 10.1. The van der Waals surface area contributed by atoms with Crippen molar-refractivity contribution in [1.82, 2.24) is 34.7 Å². The van der Waals surface area contributed by atoms with Gasteiger partial charge in [-0.3, -0.25) is 4.90 Å². The maximum Gasteiger partial charge on any atom is 0.434 e. The van der Waals surface area contributed by atoms with Gasteiger partial charge in [-0.15, -0.1) is 5.10 Å². The van der Waals surface area contributed by atoms with Crippen LogP contribution in [0.25, 0.3) is 17.1 Å². The van der Waals surface area contributed by atoms with E-state index < -0.39 is 5.76 Å². The van der Waals surface area contributed by atoms with E-state index in [1.807, 2.05) is 11.0 Å². The number of nitrogens with zero attached hydrogens (tertiary/aromatic N) is 7. The molecule has 4 aromatic heterocycles. The second kappa shape index (κ2) is 10.4. The minimum absolute atomic E-state index is 0.0792. The zero-order valence-electron chi connectivity index (χ0n) is 20.7. The van der Waals surface area contributed by atoms with Crippen molar-refractivity contribution < 1.29 is 18.0 Å². The van der Waals surface area contributed by atoms with Crippen LogP contribution in [0.1, 0.15) is 5.89 Å². The van der Waals surface area contributed by atoms with E-state index in [-0.39, 0.29) is 24.3 Å². The summed E-state index contributed by atoms with van der Waals surface area (Å²) in [5.74, 6) is 0.626. The van der Waals surface area contributed by atoms with Gasteiger partial charge in [-0.25, -0.2) is 14.3 Å². The normalized spacial score (nSPS) is 14.2. The molecule has 202 valence electrons. The zero-order chi connectivity index (χ0) is 26.8. The van der Waals surface area contributed by atoms with Gasteiger partial charge in [0.05, 0.1) is 12.0 Å². The second-order valence-corrected chi connectivity index (χ2v) is 8.85. The third-order valence-corrected chi connectivity index (χ3v) is 6.31. The fraction of sp³-hybridized carbons (Fsp3) is 0.292. The van der Waals surface area contributed by atoms with Crippen molar-refractivity contribution in [2.24, 2.45) is 0 Å². The Hall–Kier alpha value is -4.92. The predicted octanol–water partition coefficient (Wildman–Crippen LogP) is 1.59. The molecule has 14 nitrogen and oxygen atoms in total. The van der Waals surface area contributed by atoms with E-state index in [1.54, 1.807) is 30.5 Å². The molecule has 1 aromatic carbocycles. The molecule has 4 N–H and O–H groups in total. The highest BCUT2D eigenvalue weighted by molar-refractivity contribution is 5.61. The second-order valence-electron chi connectivity index (χ2n) is 8.85. The summed E-state index contributed by atoms with van der Waals surface area (Å²) in [4.78, 5) is 24.1. The number of rotatable bonds is 9. The van der Waals surface area contributed by atoms with Crippen LogP contribution in [0.15, 0.2) is 56.3 Å².